The predicted octanol–water partition coefficient (Wildman–Crippen LogP) is 23.8. The Morgan fingerprint density at radius 3 is 1.08 bits per heavy atom. The van der Waals surface area contributed by atoms with Gasteiger partial charge in [0.25, 0.3) is 0 Å². The maximum absolute atomic E-state index is 6.62. The van der Waals surface area contributed by atoms with E-state index in [4.69, 9.17) is 8.83 Å². The molecule has 0 spiro atoms. The van der Waals surface area contributed by atoms with Crippen LogP contribution in [0.2, 0.25) is 0 Å². The van der Waals surface area contributed by atoms with E-state index in [0.717, 1.165) is 71.7 Å². The van der Waals surface area contributed by atoms with Gasteiger partial charge in [-0.15, -0.1) is 0 Å². The molecule has 0 saturated carbocycles. The van der Waals surface area contributed by atoms with Crippen molar-refractivity contribution in [3.05, 3.63) is 349 Å². The van der Waals surface area contributed by atoms with Crippen molar-refractivity contribution in [2.24, 2.45) is 0 Å². The fraction of sp³-hybridized carbons (Fsp3) is 0.0455. The summed E-state index contributed by atoms with van der Waals surface area (Å²) in [5.41, 5.74) is 32.3. The lowest BCUT2D eigenvalue weighted by Gasteiger charge is -2.34. The lowest BCUT2D eigenvalue weighted by atomic mass is 9.67. The molecule has 2 heteroatoms. The smallest absolute Gasteiger partial charge is 0.135 e. The summed E-state index contributed by atoms with van der Waals surface area (Å²) in [6.07, 6.45) is 0. The molecule has 2 nitrogen and oxygen atoms in total. The monoisotopic (exact) mass is 1150 g/mol. The molecule has 0 bridgehead atoms. The highest BCUT2D eigenvalue weighted by molar-refractivity contribution is 6.10. The maximum Gasteiger partial charge on any atom is 0.135 e. The molecule has 0 saturated heterocycles. The number of hydrogen-bond donors (Lipinski definition) is 0. The van der Waals surface area contributed by atoms with E-state index in [9.17, 15) is 0 Å². The Hall–Kier alpha value is -11.3. The zero-order valence-electron chi connectivity index (χ0n) is 49.8. The van der Waals surface area contributed by atoms with Crippen molar-refractivity contribution in [2.75, 3.05) is 0 Å². The number of furan rings is 2. The lowest BCUT2D eigenvalue weighted by molar-refractivity contribution is 0.661. The van der Waals surface area contributed by atoms with E-state index in [1.165, 1.54) is 106 Å². The van der Waals surface area contributed by atoms with E-state index in [2.05, 4.69) is 317 Å². The number of rotatable bonds is 9. The molecular formula is C88H58O2. The van der Waals surface area contributed by atoms with Gasteiger partial charge in [0, 0.05) is 27.0 Å². The zero-order chi connectivity index (χ0) is 59.7. The van der Waals surface area contributed by atoms with Crippen molar-refractivity contribution in [3.8, 4) is 100 Å². The summed E-state index contributed by atoms with van der Waals surface area (Å²) < 4.78 is 12.9. The summed E-state index contributed by atoms with van der Waals surface area (Å²) in [4.78, 5) is 0. The Balaban J connectivity index is 0.720. The number of para-hydroxylation sites is 1. The first-order valence-corrected chi connectivity index (χ1v) is 31.3. The van der Waals surface area contributed by atoms with Crippen molar-refractivity contribution in [2.45, 2.75) is 24.7 Å². The van der Waals surface area contributed by atoms with Crippen LogP contribution < -0.4 is 0 Å². The Morgan fingerprint density at radius 1 is 0.211 bits per heavy atom. The van der Waals surface area contributed by atoms with E-state index in [-0.39, 0.29) is 5.41 Å². The Kier molecular flexibility index (Phi) is 11.6. The van der Waals surface area contributed by atoms with Crippen LogP contribution in [-0.4, -0.2) is 0 Å². The van der Waals surface area contributed by atoms with Crippen molar-refractivity contribution >= 4 is 43.9 Å². The van der Waals surface area contributed by atoms with Crippen molar-refractivity contribution in [1.29, 1.82) is 0 Å². The molecule has 0 radical (unpaired) electrons. The third-order valence-electron chi connectivity index (χ3n) is 19.8. The summed E-state index contributed by atoms with van der Waals surface area (Å²) in [5, 5.41) is 4.46. The molecule has 0 N–H and O–H groups in total. The third kappa shape index (κ3) is 7.91. The number of hydrogen-bond acceptors (Lipinski definition) is 2. The highest BCUT2D eigenvalue weighted by Crippen LogP contribution is 2.60. The van der Waals surface area contributed by atoms with Crippen molar-refractivity contribution < 1.29 is 8.83 Å². The van der Waals surface area contributed by atoms with Gasteiger partial charge in [-0.05, 0) is 200 Å². The highest BCUT2D eigenvalue weighted by atomic mass is 16.3. The Labute approximate surface area is 523 Å². The molecule has 2 heterocycles. The van der Waals surface area contributed by atoms with E-state index in [0.29, 0.717) is 0 Å². The summed E-state index contributed by atoms with van der Waals surface area (Å²) in [7, 11) is 0. The molecule has 0 unspecified atom stereocenters. The number of fused-ring (bicyclic) bond motifs is 12. The summed E-state index contributed by atoms with van der Waals surface area (Å²) in [5.74, 6) is 0. The van der Waals surface area contributed by atoms with Crippen LogP contribution in [0.3, 0.4) is 0 Å². The topological polar surface area (TPSA) is 26.3 Å². The van der Waals surface area contributed by atoms with Crippen LogP contribution in [0.5, 0.6) is 0 Å². The van der Waals surface area contributed by atoms with Crippen LogP contribution >= 0.6 is 0 Å². The van der Waals surface area contributed by atoms with Gasteiger partial charge >= 0.3 is 0 Å². The molecule has 0 amide bonds. The average Bonchev–Trinajstić information content (AvgIpc) is 1.54. The van der Waals surface area contributed by atoms with Crippen LogP contribution in [0, 0.1) is 0 Å². The number of benzene rings is 14. The van der Waals surface area contributed by atoms with E-state index < -0.39 is 5.41 Å². The first kappa shape index (κ1) is 51.9. The average molecular weight is 1150 g/mol. The predicted molar refractivity (Wildman–Crippen MR) is 374 cm³/mol. The summed E-state index contributed by atoms with van der Waals surface area (Å²) in [6.45, 7) is 4.79. The molecule has 2 aromatic heterocycles. The van der Waals surface area contributed by atoms with Gasteiger partial charge in [0.05, 0.1) is 5.41 Å². The minimum absolute atomic E-state index is 0.240. The van der Waals surface area contributed by atoms with Gasteiger partial charge in [-0.2, -0.15) is 0 Å². The Bertz CT molecular complexity index is 5480. The van der Waals surface area contributed by atoms with Gasteiger partial charge < -0.3 is 8.83 Å². The quantitative estimate of drug-likeness (QED) is 0.144. The Morgan fingerprint density at radius 2 is 0.567 bits per heavy atom. The molecule has 18 rings (SSSR count). The van der Waals surface area contributed by atoms with Crippen LogP contribution in [0.25, 0.3) is 144 Å². The summed E-state index contributed by atoms with van der Waals surface area (Å²) >= 11 is 0. The normalized spacial score (nSPS) is 13.4. The summed E-state index contributed by atoms with van der Waals surface area (Å²) in [6, 6.07) is 116. The van der Waals surface area contributed by atoms with Crippen LogP contribution in [0.1, 0.15) is 47.2 Å². The van der Waals surface area contributed by atoms with E-state index in [1.54, 1.807) is 0 Å². The van der Waals surface area contributed by atoms with Crippen LogP contribution in [0.4, 0.5) is 0 Å². The van der Waals surface area contributed by atoms with Crippen LogP contribution in [-0.2, 0) is 10.8 Å². The second-order valence-electron chi connectivity index (χ2n) is 25.0. The molecule has 0 atom stereocenters. The van der Waals surface area contributed by atoms with Gasteiger partial charge in [-0.1, -0.05) is 263 Å². The standard InChI is InChI=1S/C88H58O2/c1-87(2)76-42-36-63(53-75(76)86-79(87)54-69(57-20-8-3-9-21-57)84(58-22-10-4-11-23-58)85(86)59-24-12-5-13-25-59)65-41-47-83-74(52-65)73-50-61(39-45-82(73)90-83)56-34-32-55(33-35-56)60-37-43-77-70(48-60)71-49-62(64-40-46-81-72(51-64)68-30-18-19-31-80(68)89-81)38-44-78(71)88(77,66-26-14-6-15-27-66)67-28-16-7-17-29-67/h3-54H,1-2H3. The van der Waals surface area contributed by atoms with Gasteiger partial charge in [-0.3, -0.25) is 0 Å². The minimum Gasteiger partial charge on any atom is -0.456 e. The second-order valence-corrected chi connectivity index (χ2v) is 25.0. The van der Waals surface area contributed by atoms with Crippen molar-refractivity contribution in [1.82, 2.24) is 0 Å². The largest absolute Gasteiger partial charge is 0.456 e. The van der Waals surface area contributed by atoms with Gasteiger partial charge in [0.2, 0.25) is 0 Å². The SMILES string of the molecule is CC1(C)c2ccc(-c3ccc4oc5ccc(-c6ccc(-c7ccc8c(c7)-c7cc(-c9ccc%10oc%11ccccc%11c%10c9)ccc7C8(c7ccccc7)c7ccccc7)cc6)cc5c4c3)cc2-c2c1cc(-c1ccccc1)c(-c1ccccc1)c2-c1ccccc1. The third-order valence-corrected chi connectivity index (χ3v) is 19.8. The highest BCUT2D eigenvalue weighted by Gasteiger charge is 2.46. The molecule has 0 aliphatic heterocycles. The van der Waals surface area contributed by atoms with E-state index >= 15 is 0 Å². The molecule has 14 aromatic carbocycles. The van der Waals surface area contributed by atoms with Crippen LogP contribution in [0.15, 0.2) is 324 Å². The molecule has 0 fully saturated rings. The van der Waals surface area contributed by atoms with Crippen molar-refractivity contribution in [3.63, 3.8) is 0 Å². The fourth-order valence-electron chi connectivity index (χ4n) is 15.5. The first-order valence-electron chi connectivity index (χ1n) is 31.3. The minimum atomic E-state index is -0.520. The maximum atomic E-state index is 6.62. The van der Waals surface area contributed by atoms with E-state index in [1.807, 2.05) is 12.1 Å². The van der Waals surface area contributed by atoms with Gasteiger partial charge in [0.15, 0.2) is 0 Å². The molecule has 2 aliphatic rings. The second kappa shape index (κ2) is 20.1. The van der Waals surface area contributed by atoms with Gasteiger partial charge in [-0.25, -0.2) is 0 Å². The van der Waals surface area contributed by atoms with Gasteiger partial charge in [0.1, 0.15) is 22.3 Å². The first-order chi connectivity index (χ1) is 44.3. The molecular weight excluding hydrogens is 1090 g/mol. The molecule has 422 valence electrons. The lowest BCUT2D eigenvalue weighted by Crippen LogP contribution is -2.28. The fourth-order valence-corrected chi connectivity index (χ4v) is 15.5. The molecule has 90 heavy (non-hydrogen) atoms. The molecule has 16 aromatic rings. The molecule has 2 aliphatic carbocycles. The zero-order valence-corrected chi connectivity index (χ0v) is 49.8.